The predicted molar refractivity (Wildman–Crippen MR) is 74.8 cm³/mol. The van der Waals surface area contributed by atoms with Crippen LogP contribution in [-0.2, 0) is 6.54 Å². The van der Waals surface area contributed by atoms with Gasteiger partial charge in [-0.05, 0) is 16.8 Å². The second kappa shape index (κ2) is 5.89. The van der Waals surface area contributed by atoms with Crippen LogP contribution in [0.4, 0.5) is 0 Å². The van der Waals surface area contributed by atoms with Crippen LogP contribution in [0.1, 0.15) is 19.4 Å². The minimum atomic E-state index is 0. The Hall–Kier alpha value is -1.25. The third-order valence-electron chi connectivity index (χ3n) is 2.70. The molecular weight excluding hydrogens is 234 g/mol. The van der Waals surface area contributed by atoms with E-state index in [9.17, 15) is 5.11 Å². The molecule has 0 spiro atoms. The molecule has 0 saturated carbocycles. The number of aromatic hydroxyl groups is 1. The third-order valence-corrected chi connectivity index (χ3v) is 2.70. The first-order valence-electron chi connectivity index (χ1n) is 5.61. The van der Waals surface area contributed by atoms with E-state index in [-0.39, 0.29) is 12.4 Å². The first-order valence-corrected chi connectivity index (χ1v) is 5.61. The Labute approximate surface area is 108 Å². The lowest BCUT2D eigenvalue weighted by Crippen LogP contribution is -2.21. The molecule has 2 rings (SSSR count). The molecule has 0 atom stereocenters. The number of hydrogen-bond acceptors (Lipinski definition) is 2. The van der Waals surface area contributed by atoms with Gasteiger partial charge in [0.25, 0.3) is 0 Å². The molecule has 0 aromatic heterocycles. The fourth-order valence-electron chi connectivity index (χ4n) is 1.82. The Balaban J connectivity index is 0.00000144. The number of phenolic OH excluding ortho intramolecular Hbond substituents is 1. The Morgan fingerprint density at radius 3 is 2.53 bits per heavy atom. The molecule has 92 valence electrons. The van der Waals surface area contributed by atoms with Crippen LogP contribution >= 0.6 is 12.4 Å². The van der Waals surface area contributed by atoms with Crippen molar-refractivity contribution in [3.63, 3.8) is 0 Å². The van der Waals surface area contributed by atoms with Crippen molar-refractivity contribution in [2.75, 3.05) is 0 Å². The van der Waals surface area contributed by atoms with Crippen molar-refractivity contribution >= 4 is 23.2 Å². The summed E-state index contributed by atoms with van der Waals surface area (Å²) in [6, 6.07) is 12.3. The fourth-order valence-corrected chi connectivity index (χ4v) is 1.82. The van der Waals surface area contributed by atoms with E-state index in [0.717, 1.165) is 10.9 Å². The number of halogens is 1. The summed E-state index contributed by atoms with van der Waals surface area (Å²) in [5.41, 5.74) is 0.979. The molecule has 0 heterocycles. The van der Waals surface area contributed by atoms with E-state index >= 15 is 0 Å². The predicted octanol–water partition coefficient (Wildman–Crippen LogP) is 3.47. The van der Waals surface area contributed by atoms with Crippen molar-refractivity contribution in [3.8, 4) is 5.75 Å². The van der Waals surface area contributed by atoms with Crippen LogP contribution in [0.2, 0.25) is 0 Å². The van der Waals surface area contributed by atoms with Gasteiger partial charge < -0.3 is 10.4 Å². The van der Waals surface area contributed by atoms with Gasteiger partial charge in [-0.3, -0.25) is 0 Å². The number of fused-ring (bicyclic) bond motifs is 1. The molecule has 3 heteroatoms. The molecule has 2 N–H and O–H groups in total. The largest absolute Gasteiger partial charge is 0.508 e. The second-order valence-electron chi connectivity index (χ2n) is 4.32. The van der Waals surface area contributed by atoms with Crippen LogP contribution in [0.5, 0.6) is 5.75 Å². The number of nitrogens with one attached hydrogen (secondary N) is 1. The van der Waals surface area contributed by atoms with Crippen LogP contribution in [0.3, 0.4) is 0 Å². The van der Waals surface area contributed by atoms with Crippen molar-refractivity contribution in [1.82, 2.24) is 5.32 Å². The van der Waals surface area contributed by atoms with E-state index in [1.54, 1.807) is 6.07 Å². The zero-order valence-electron chi connectivity index (χ0n) is 10.1. The normalized spacial score (nSPS) is 10.5. The fraction of sp³-hybridized carbons (Fsp3) is 0.286. The average molecular weight is 252 g/mol. The van der Waals surface area contributed by atoms with Crippen LogP contribution in [0, 0.1) is 0 Å². The minimum Gasteiger partial charge on any atom is -0.508 e. The molecule has 2 nitrogen and oxygen atoms in total. The summed E-state index contributed by atoms with van der Waals surface area (Å²) in [6.45, 7) is 4.90. The van der Waals surface area contributed by atoms with Crippen LogP contribution < -0.4 is 5.32 Å². The van der Waals surface area contributed by atoms with Gasteiger partial charge in [-0.2, -0.15) is 0 Å². The number of benzene rings is 2. The third kappa shape index (κ3) is 3.11. The lowest BCUT2D eigenvalue weighted by atomic mass is 10.0. The van der Waals surface area contributed by atoms with E-state index in [0.29, 0.717) is 18.3 Å². The standard InChI is InChI=1S/C14H17NO.ClH/c1-10(2)15-9-13-12-6-4-3-5-11(12)7-8-14(13)16;/h3-8,10,15-16H,9H2,1-2H3;1H. The van der Waals surface area contributed by atoms with Crippen molar-refractivity contribution < 1.29 is 5.11 Å². The molecule has 0 unspecified atom stereocenters. The van der Waals surface area contributed by atoms with Crippen molar-refractivity contribution in [3.05, 3.63) is 42.0 Å². The monoisotopic (exact) mass is 251 g/mol. The van der Waals surface area contributed by atoms with Gasteiger partial charge in [0, 0.05) is 18.2 Å². The summed E-state index contributed by atoms with van der Waals surface area (Å²) in [7, 11) is 0. The molecule has 0 bridgehead atoms. The SMILES string of the molecule is CC(C)NCc1c(O)ccc2ccccc12.Cl. The van der Waals surface area contributed by atoms with Gasteiger partial charge in [-0.25, -0.2) is 0 Å². The first-order chi connectivity index (χ1) is 7.68. The zero-order chi connectivity index (χ0) is 11.5. The molecule has 17 heavy (non-hydrogen) atoms. The van der Waals surface area contributed by atoms with E-state index in [4.69, 9.17) is 0 Å². The molecule has 0 radical (unpaired) electrons. The topological polar surface area (TPSA) is 32.3 Å². The number of rotatable bonds is 3. The quantitative estimate of drug-likeness (QED) is 0.876. The maximum Gasteiger partial charge on any atom is 0.120 e. The minimum absolute atomic E-state index is 0. The lowest BCUT2D eigenvalue weighted by Gasteiger charge is -2.12. The average Bonchev–Trinajstić information content (AvgIpc) is 2.27. The molecule has 0 aliphatic carbocycles. The smallest absolute Gasteiger partial charge is 0.120 e. The van der Waals surface area contributed by atoms with Crippen molar-refractivity contribution in [2.24, 2.45) is 0 Å². The van der Waals surface area contributed by atoms with Crippen molar-refractivity contribution in [1.29, 1.82) is 0 Å². The highest BCUT2D eigenvalue weighted by Gasteiger charge is 2.06. The van der Waals surface area contributed by atoms with E-state index < -0.39 is 0 Å². The van der Waals surface area contributed by atoms with Crippen molar-refractivity contribution in [2.45, 2.75) is 26.4 Å². The summed E-state index contributed by atoms with van der Waals surface area (Å²) in [4.78, 5) is 0. The van der Waals surface area contributed by atoms with Crippen LogP contribution in [0.15, 0.2) is 36.4 Å². The maximum atomic E-state index is 9.88. The Morgan fingerprint density at radius 2 is 1.82 bits per heavy atom. The molecule has 0 aliphatic heterocycles. The van der Waals surface area contributed by atoms with Gasteiger partial charge in [0.2, 0.25) is 0 Å². The summed E-state index contributed by atoms with van der Waals surface area (Å²) in [6.07, 6.45) is 0. The molecule has 2 aromatic rings. The molecule has 0 saturated heterocycles. The highest BCUT2D eigenvalue weighted by atomic mass is 35.5. The molecule has 0 aliphatic rings. The van der Waals surface area contributed by atoms with Crippen LogP contribution in [0.25, 0.3) is 10.8 Å². The highest BCUT2D eigenvalue weighted by molar-refractivity contribution is 5.87. The highest BCUT2D eigenvalue weighted by Crippen LogP contribution is 2.26. The molecule has 2 aromatic carbocycles. The van der Waals surface area contributed by atoms with Gasteiger partial charge in [0.15, 0.2) is 0 Å². The summed E-state index contributed by atoms with van der Waals surface area (Å²) >= 11 is 0. The summed E-state index contributed by atoms with van der Waals surface area (Å²) in [5.74, 6) is 0.367. The molecular formula is C14H18ClNO. The van der Waals surface area contributed by atoms with Crippen LogP contribution in [-0.4, -0.2) is 11.1 Å². The maximum absolute atomic E-state index is 9.88. The summed E-state index contributed by atoms with van der Waals surface area (Å²) in [5, 5.41) is 15.5. The first kappa shape index (κ1) is 13.8. The van der Waals surface area contributed by atoms with Gasteiger partial charge in [-0.1, -0.05) is 44.2 Å². The van der Waals surface area contributed by atoms with Gasteiger partial charge in [0.05, 0.1) is 0 Å². The zero-order valence-corrected chi connectivity index (χ0v) is 10.9. The lowest BCUT2D eigenvalue weighted by molar-refractivity contribution is 0.463. The second-order valence-corrected chi connectivity index (χ2v) is 4.32. The van der Waals surface area contributed by atoms with E-state index in [1.807, 2.05) is 24.3 Å². The molecule has 0 amide bonds. The van der Waals surface area contributed by atoms with Gasteiger partial charge in [-0.15, -0.1) is 12.4 Å². The summed E-state index contributed by atoms with van der Waals surface area (Å²) < 4.78 is 0. The Kier molecular flexibility index (Phi) is 4.79. The Bertz CT molecular complexity index is 497. The number of hydrogen-bond donors (Lipinski definition) is 2. The Morgan fingerprint density at radius 1 is 1.12 bits per heavy atom. The van der Waals surface area contributed by atoms with E-state index in [1.165, 1.54) is 5.39 Å². The van der Waals surface area contributed by atoms with E-state index in [2.05, 4.69) is 25.2 Å². The number of phenols is 1. The van der Waals surface area contributed by atoms with Gasteiger partial charge >= 0.3 is 0 Å². The molecule has 0 fully saturated rings. The van der Waals surface area contributed by atoms with Gasteiger partial charge in [0.1, 0.15) is 5.75 Å².